The third-order valence-corrected chi connectivity index (χ3v) is 4.28. The molecule has 0 saturated carbocycles. The number of benzene rings is 2. The summed E-state index contributed by atoms with van der Waals surface area (Å²) in [5.74, 6) is -0.220. The molecule has 2 aromatic carbocycles. The fraction of sp³-hybridized carbons (Fsp3) is 0.278. The number of nitrogen functional groups attached to an aromatic ring is 1. The van der Waals surface area contributed by atoms with Gasteiger partial charge in [0.2, 0.25) is 0 Å². The lowest BCUT2D eigenvalue weighted by molar-refractivity contribution is 0.0746. The maximum Gasteiger partial charge on any atom is 0.253 e. The van der Waals surface area contributed by atoms with Gasteiger partial charge in [-0.3, -0.25) is 4.79 Å². The maximum atomic E-state index is 13.8. The predicted octanol–water partition coefficient (Wildman–Crippen LogP) is 2.68. The lowest BCUT2D eigenvalue weighted by atomic mass is 10.1. The second-order valence-electron chi connectivity index (χ2n) is 5.80. The number of nitrogens with zero attached hydrogens (tertiary/aromatic N) is 2. The smallest absolute Gasteiger partial charge is 0.253 e. The van der Waals surface area contributed by atoms with Crippen LogP contribution in [0.15, 0.2) is 42.5 Å². The van der Waals surface area contributed by atoms with Crippen molar-refractivity contribution < 1.29 is 9.18 Å². The van der Waals surface area contributed by atoms with Gasteiger partial charge in [0.05, 0.1) is 5.69 Å². The van der Waals surface area contributed by atoms with Crippen molar-refractivity contribution in [2.24, 2.45) is 0 Å². The van der Waals surface area contributed by atoms with Gasteiger partial charge in [-0.2, -0.15) is 0 Å². The molecule has 3 rings (SSSR count). The van der Waals surface area contributed by atoms with Gasteiger partial charge in [0.1, 0.15) is 5.82 Å². The number of hydrogen-bond donors (Lipinski definition) is 1. The Morgan fingerprint density at radius 3 is 2.43 bits per heavy atom. The standard InChI is InChI=1S/C18H20FN3O/c1-13-12-14(6-7-16(13)20)18(23)22-10-8-21(9-11-22)17-5-3-2-4-15(17)19/h2-7,12H,8-11,20H2,1H3. The Hall–Kier alpha value is -2.56. The third kappa shape index (κ3) is 3.13. The van der Waals surface area contributed by atoms with Crippen LogP contribution < -0.4 is 10.6 Å². The van der Waals surface area contributed by atoms with E-state index < -0.39 is 0 Å². The minimum atomic E-state index is -0.221. The van der Waals surface area contributed by atoms with Crippen LogP contribution in [0.2, 0.25) is 0 Å². The second-order valence-corrected chi connectivity index (χ2v) is 5.80. The van der Waals surface area contributed by atoms with E-state index in [1.807, 2.05) is 28.9 Å². The van der Waals surface area contributed by atoms with E-state index in [0.29, 0.717) is 43.1 Å². The molecule has 0 spiro atoms. The van der Waals surface area contributed by atoms with Crippen LogP contribution in [0.25, 0.3) is 0 Å². The number of para-hydroxylation sites is 1. The number of amides is 1. The highest BCUT2D eigenvalue weighted by atomic mass is 19.1. The summed E-state index contributed by atoms with van der Waals surface area (Å²) in [6, 6.07) is 12.1. The summed E-state index contributed by atoms with van der Waals surface area (Å²) in [5, 5.41) is 0. The summed E-state index contributed by atoms with van der Waals surface area (Å²) in [4.78, 5) is 16.4. The normalized spacial score (nSPS) is 14.9. The van der Waals surface area contributed by atoms with E-state index in [4.69, 9.17) is 5.73 Å². The molecule has 0 atom stereocenters. The number of rotatable bonds is 2. The molecule has 0 aliphatic carbocycles. The molecular weight excluding hydrogens is 293 g/mol. The zero-order chi connectivity index (χ0) is 16.4. The fourth-order valence-electron chi connectivity index (χ4n) is 2.85. The predicted molar refractivity (Wildman–Crippen MR) is 90.1 cm³/mol. The summed E-state index contributed by atoms with van der Waals surface area (Å²) in [5.41, 5.74) is 8.64. The number of aryl methyl sites for hydroxylation is 1. The SMILES string of the molecule is Cc1cc(C(=O)N2CCN(c3ccccc3F)CC2)ccc1N. The molecule has 2 aromatic rings. The van der Waals surface area contributed by atoms with Gasteiger partial charge < -0.3 is 15.5 Å². The van der Waals surface area contributed by atoms with Crippen molar-refractivity contribution in [2.75, 3.05) is 36.8 Å². The van der Waals surface area contributed by atoms with E-state index in [-0.39, 0.29) is 11.7 Å². The van der Waals surface area contributed by atoms with Crippen molar-refractivity contribution in [1.82, 2.24) is 4.90 Å². The van der Waals surface area contributed by atoms with Crippen molar-refractivity contribution in [3.63, 3.8) is 0 Å². The summed E-state index contributed by atoms with van der Waals surface area (Å²) in [6.45, 7) is 4.30. The van der Waals surface area contributed by atoms with Crippen LogP contribution >= 0.6 is 0 Å². The van der Waals surface area contributed by atoms with Crippen LogP contribution in [-0.2, 0) is 0 Å². The first-order valence-electron chi connectivity index (χ1n) is 7.71. The molecule has 1 aliphatic rings. The summed E-state index contributed by atoms with van der Waals surface area (Å²) >= 11 is 0. The average molecular weight is 313 g/mol. The van der Waals surface area contributed by atoms with Crippen LogP contribution in [0.1, 0.15) is 15.9 Å². The molecule has 0 unspecified atom stereocenters. The van der Waals surface area contributed by atoms with Gasteiger partial charge in [-0.25, -0.2) is 4.39 Å². The quantitative estimate of drug-likeness (QED) is 0.867. The largest absolute Gasteiger partial charge is 0.399 e. The molecule has 1 fully saturated rings. The summed E-state index contributed by atoms with van der Waals surface area (Å²) in [7, 11) is 0. The van der Waals surface area contributed by atoms with Crippen molar-refractivity contribution in [3.8, 4) is 0 Å². The molecule has 5 heteroatoms. The molecule has 120 valence electrons. The summed E-state index contributed by atoms with van der Waals surface area (Å²) in [6.07, 6.45) is 0. The van der Waals surface area contributed by atoms with Crippen molar-refractivity contribution in [1.29, 1.82) is 0 Å². The molecule has 1 heterocycles. The van der Waals surface area contributed by atoms with Crippen molar-refractivity contribution in [3.05, 3.63) is 59.4 Å². The lowest BCUT2D eigenvalue weighted by Crippen LogP contribution is -2.49. The van der Waals surface area contributed by atoms with Gasteiger partial charge in [-0.05, 0) is 42.8 Å². The lowest BCUT2D eigenvalue weighted by Gasteiger charge is -2.36. The van der Waals surface area contributed by atoms with Crippen LogP contribution in [0.4, 0.5) is 15.8 Å². The number of carbonyl (C=O) groups is 1. The molecule has 23 heavy (non-hydrogen) atoms. The highest BCUT2D eigenvalue weighted by molar-refractivity contribution is 5.95. The Bertz CT molecular complexity index is 724. The van der Waals surface area contributed by atoms with Crippen molar-refractivity contribution >= 4 is 17.3 Å². The van der Waals surface area contributed by atoms with Gasteiger partial charge >= 0.3 is 0 Å². The molecule has 1 amide bonds. The van der Waals surface area contributed by atoms with E-state index >= 15 is 0 Å². The molecule has 2 N–H and O–H groups in total. The molecule has 1 aliphatic heterocycles. The van der Waals surface area contributed by atoms with E-state index in [9.17, 15) is 9.18 Å². The van der Waals surface area contributed by atoms with Crippen LogP contribution in [0, 0.1) is 12.7 Å². The van der Waals surface area contributed by atoms with Gasteiger partial charge in [0.25, 0.3) is 5.91 Å². The number of hydrogen-bond acceptors (Lipinski definition) is 3. The van der Waals surface area contributed by atoms with E-state index in [2.05, 4.69) is 0 Å². The highest BCUT2D eigenvalue weighted by Gasteiger charge is 2.23. The summed E-state index contributed by atoms with van der Waals surface area (Å²) < 4.78 is 13.8. The van der Waals surface area contributed by atoms with Crippen LogP contribution in [0.3, 0.4) is 0 Å². The number of halogens is 1. The Morgan fingerprint density at radius 2 is 1.78 bits per heavy atom. The Morgan fingerprint density at radius 1 is 1.09 bits per heavy atom. The average Bonchev–Trinajstić information content (AvgIpc) is 2.57. The number of carbonyl (C=O) groups excluding carboxylic acids is 1. The van der Waals surface area contributed by atoms with Gasteiger partial charge in [0, 0.05) is 37.4 Å². The van der Waals surface area contributed by atoms with Gasteiger partial charge in [0.15, 0.2) is 0 Å². The van der Waals surface area contributed by atoms with E-state index in [1.54, 1.807) is 24.3 Å². The zero-order valence-electron chi connectivity index (χ0n) is 13.1. The van der Waals surface area contributed by atoms with E-state index in [0.717, 1.165) is 5.56 Å². The first-order chi connectivity index (χ1) is 11.1. The molecular formula is C18H20FN3O. The van der Waals surface area contributed by atoms with Crippen LogP contribution in [0.5, 0.6) is 0 Å². The van der Waals surface area contributed by atoms with Crippen molar-refractivity contribution in [2.45, 2.75) is 6.92 Å². The first kappa shape index (κ1) is 15.3. The third-order valence-electron chi connectivity index (χ3n) is 4.28. The number of piperazine rings is 1. The second kappa shape index (κ2) is 6.28. The fourth-order valence-corrected chi connectivity index (χ4v) is 2.85. The minimum absolute atomic E-state index is 0.00119. The molecule has 0 bridgehead atoms. The number of anilines is 2. The minimum Gasteiger partial charge on any atom is -0.399 e. The van der Waals surface area contributed by atoms with E-state index in [1.165, 1.54) is 6.07 Å². The van der Waals surface area contributed by atoms with Gasteiger partial charge in [-0.1, -0.05) is 12.1 Å². The Kier molecular flexibility index (Phi) is 4.19. The molecule has 0 aromatic heterocycles. The molecule has 4 nitrogen and oxygen atoms in total. The van der Waals surface area contributed by atoms with Gasteiger partial charge in [-0.15, -0.1) is 0 Å². The maximum absolute atomic E-state index is 13.8. The monoisotopic (exact) mass is 313 g/mol. The molecule has 0 radical (unpaired) electrons. The first-order valence-corrected chi connectivity index (χ1v) is 7.71. The number of nitrogens with two attached hydrogens (primary N) is 1. The Balaban J connectivity index is 1.68. The topological polar surface area (TPSA) is 49.6 Å². The zero-order valence-corrected chi connectivity index (χ0v) is 13.1. The highest BCUT2D eigenvalue weighted by Crippen LogP contribution is 2.21. The molecule has 1 saturated heterocycles. The van der Waals surface area contributed by atoms with Crippen LogP contribution in [-0.4, -0.2) is 37.0 Å². The Labute approximate surface area is 135 Å².